The fourth-order valence-corrected chi connectivity index (χ4v) is 6.77. The Morgan fingerprint density at radius 1 is 1.05 bits per heavy atom. The van der Waals surface area contributed by atoms with Gasteiger partial charge in [0.15, 0.2) is 0 Å². The van der Waals surface area contributed by atoms with Crippen LogP contribution in [-0.4, -0.2) is 89.1 Å². The minimum Gasteiger partial charge on any atom is -0.474 e. The van der Waals surface area contributed by atoms with Gasteiger partial charge in [-0.15, -0.1) is 0 Å². The molecule has 6 heterocycles. The van der Waals surface area contributed by atoms with E-state index in [0.717, 1.165) is 86.5 Å². The van der Waals surface area contributed by atoms with E-state index >= 15 is 0 Å². The summed E-state index contributed by atoms with van der Waals surface area (Å²) in [5, 5.41) is 15.2. The molecule has 3 fully saturated rings. The Bertz CT molecular complexity index is 1560. The molecule has 228 valence electrons. The van der Waals surface area contributed by atoms with E-state index in [4.69, 9.17) is 4.74 Å². The lowest BCUT2D eigenvalue weighted by molar-refractivity contribution is -0.141. The standard InChI is InChI=1S/C30H35F3N8O2/c31-30(32,33)26-10-19(15-40-7-1-2-21(40)17-42)11-27(38-26)43-24-4-8-39(9-5-24)22-12-23(13-22)41-16-20(14-37-41)28-25-3-6-34-29(25)36-18-35-28/h3,6,10-11,14,16,18,21-24,42H,1-2,4-5,7-9,12-13,15,17H2,(H,34,35,36)/t21-,22?,23?/m0/s1. The van der Waals surface area contributed by atoms with Gasteiger partial charge < -0.3 is 14.8 Å². The lowest BCUT2D eigenvalue weighted by Crippen LogP contribution is -2.50. The zero-order valence-electron chi connectivity index (χ0n) is 23.7. The van der Waals surface area contributed by atoms with Crippen molar-refractivity contribution in [1.82, 2.24) is 39.5 Å². The van der Waals surface area contributed by atoms with Crippen LogP contribution >= 0.6 is 0 Å². The molecule has 0 spiro atoms. The fraction of sp³-hybridized carbons (Fsp3) is 0.533. The molecule has 0 radical (unpaired) electrons. The van der Waals surface area contributed by atoms with E-state index in [1.165, 1.54) is 0 Å². The van der Waals surface area contributed by atoms with Gasteiger partial charge in [-0.1, -0.05) is 0 Å². The summed E-state index contributed by atoms with van der Waals surface area (Å²) in [6.45, 7) is 2.76. The van der Waals surface area contributed by atoms with Crippen LogP contribution in [0.3, 0.4) is 0 Å². The van der Waals surface area contributed by atoms with Crippen LogP contribution in [0.2, 0.25) is 0 Å². The number of hydrogen-bond acceptors (Lipinski definition) is 8. The number of H-pyrrole nitrogens is 1. The maximum absolute atomic E-state index is 13.7. The van der Waals surface area contributed by atoms with E-state index in [0.29, 0.717) is 24.2 Å². The van der Waals surface area contributed by atoms with Gasteiger partial charge in [-0.05, 0) is 62.8 Å². The first-order valence-corrected chi connectivity index (χ1v) is 15.0. The zero-order valence-corrected chi connectivity index (χ0v) is 23.7. The van der Waals surface area contributed by atoms with Gasteiger partial charge in [0.1, 0.15) is 23.8 Å². The number of pyridine rings is 1. The number of rotatable bonds is 8. The topological polar surface area (TPSA) is 108 Å². The van der Waals surface area contributed by atoms with Crippen molar-refractivity contribution in [3.05, 3.63) is 54.4 Å². The first kappa shape index (κ1) is 28.2. The van der Waals surface area contributed by atoms with Crippen molar-refractivity contribution in [2.45, 2.75) is 75.5 Å². The molecule has 2 saturated heterocycles. The Hall–Kier alpha value is -3.55. The molecule has 0 amide bonds. The quantitative estimate of drug-likeness (QED) is 0.308. The molecule has 4 aromatic rings. The van der Waals surface area contributed by atoms with Crippen molar-refractivity contribution in [3.63, 3.8) is 0 Å². The number of aliphatic hydroxyl groups is 1. The summed E-state index contributed by atoms with van der Waals surface area (Å²) in [4.78, 5) is 20.2. The summed E-state index contributed by atoms with van der Waals surface area (Å²) in [6, 6.07) is 5.46. The lowest BCUT2D eigenvalue weighted by atomic mass is 9.84. The molecule has 2 aliphatic heterocycles. The number of nitrogens with one attached hydrogen (secondary N) is 1. The first-order valence-electron chi connectivity index (χ1n) is 15.0. The van der Waals surface area contributed by atoms with Gasteiger partial charge in [0.25, 0.3) is 0 Å². The Labute approximate surface area is 246 Å². The van der Waals surface area contributed by atoms with E-state index in [2.05, 4.69) is 36.1 Å². The van der Waals surface area contributed by atoms with Gasteiger partial charge in [-0.25, -0.2) is 15.0 Å². The SMILES string of the molecule is OC[C@@H]1CCCN1Cc1cc(OC2CCN(C3CC(n4cc(-c5ncnc6[nH]ccc56)cn4)C3)CC2)nc(C(F)(F)F)c1. The summed E-state index contributed by atoms with van der Waals surface area (Å²) in [6.07, 6.45) is 7.83. The Morgan fingerprint density at radius 2 is 1.88 bits per heavy atom. The van der Waals surface area contributed by atoms with E-state index in [1.807, 2.05) is 28.0 Å². The van der Waals surface area contributed by atoms with Crippen molar-refractivity contribution in [2.75, 3.05) is 26.2 Å². The van der Waals surface area contributed by atoms with E-state index in [-0.39, 0.29) is 24.6 Å². The maximum atomic E-state index is 13.7. The second-order valence-corrected chi connectivity index (χ2v) is 11.9. The van der Waals surface area contributed by atoms with Crippen LogP contribution in [0, 0.1) is 0 Å². The molecule has 1 saturated carbocycles. The molecule has 1 atom stereocenters. The molecule has 13 heteroatoms. The van der Waals surface area contributed by atoms with Crippen LogP contribution in [0.1, 0.15) is 55.8 Å². The average Bonchev–Trinajstić information content (AvgIpc) is 3.74. The summed E-state index contributed by atoms with van der Waals surface area (Å²) >= 11 is 0. The normalized spacial score (nSPS) is 24.0. The highest BCUT2D eigenvalue weighted by Crippen LogP contribution is 2.38. The third kappa shape index (κ3) is 5.85. The molecule has 10 nitrogen and oxygen atoms in total. The molecule has 1 aliphatic carbocycles. The molecule has 7 rings (SSSR count). The van der Waals surface area contributed by atoms with Crippen molar-refractivity contribution < 1.29 is 23.0 Å². The average molecular weight is 597 g/mol. The number of likely N-dealkylation sites (tertiary alicyclic amines) is 2. The number of halogens is 3. The second kappa shape index (κ2) is 11.5. The smallest absolute Gasteiger partial charge is 0.433 e. The van der Waals surface area contributed by atoms with Crippen molar-refractivity contribution >= 4 is 11.0 Å². The summed E-state index contributed by atoms with van der Waals surface area (Å²) < 4.78 is 49.1. The van der Waals surface area contributed by atoms with Gasteiger partial charge in [-0.2, -0.15) is 18.3 Å². The van der Waals surface area contributed by atoms with Crippen LogP contribution < -0.4 is 4.74 Å². The highest BCUT2D eigenvalue weighted by Gasteiger charge is 2.38. The number of alkyl halides is 3. The summed E-state index contributed by atoms with van der Waals surface area (Å²) in [5.41, 5.74) is 2.21. The third-order valence-corrected chi connectivity index (χ3v) is 9.22. The van der Waals surface area contributed by atoms with Crippen LogP contribution in [0.15, 0.2) is 43.1 Å². The summed E-state index contributed by atoms with van der Waals surface area (Å²) in [7, 11) is 0. The van der Waals surface area contributed by atoms with Crippen LogP contribution in [0.25, 0.3) is 22.3 Å². The zero-order chi connectivity index (χ0) is 29.6. The number of aromatic nitrogens is 6. The largest absolute Gasteiger partial charge is 0.474 e. The van der Waals surface area contributed by atoms with Gasteiger partial charge in [0.2, 0.25) is 5.88 Å². The third-order valence-electron chi connectivity index (χ3n) is 9.22. The molecule has 0 bridgehead atoms. The number of aliphatic hydroxyl groups excluding tert-OH is 1. The highest BCUT2D eigenvalue weighted by atomic mass is 19.4. The number of ether oxygens (including phenoxy) is 1. The van der Waals surface area contributed by atoms with E-state index in [9.17, 15) is 18.3 Å². The molecule has 0 aromatic carbocycles. The molecule has 3 aliphatic rings. The molecule has 43 heavy (non-hydrogen) atoms. The van der Waals surface area contributed by atoms with Crippen molar-refractivity contribution in [2.24, 2.45) is 0 Å². The van der Waals surface area contributed by atoms with Crippen molar-refractivity contribution in [1.29, 1.82) is 0 Å². The fourth-order valence-electron chi connectivity index (χ4n) is 6.77. The summed E-state index contributed by atoms with van der Waals surface area (Å²) in [5.74, 6) is 0.0295. The Kier molecular flexibility index (Phi) is 7.56. The van der Waals surface area contributed by atoms with E-state index in [1.54, 1.807) is 12.4 Å². The number of piperidine rings is 1. The Balaban J connectivity index is 0.938. The maximum Gasteiger partial charge on any atom is 0.433 e. The second-order valence-electron chi connectivity index (χ2n) is 11.9. The van der Waals surface area contributed by atoms with Crippen LogP contribution in [0.5, 0.6) is 5.88 Å². The lowest BCUT2D eigenvalue weighted by Gasteiger charge is -2.45. The minimum atomic E-state index is -4.56. The number of hydrogen-bond donors (Lipinski definition) is 2. The number of fused-ring (bicyclic) bond motifs is 1. The van der Waals surface area contributed by atoms with Gasteiger partial charge >= 0.3 is 6.18 Å². The molecule has 2 N–H and O–H groups in total. The minimum absolute atomic E-state index is 0.00425. The molecule has 0 unspecified atom stereocenters. The predicted molar refractivity (Wildman–Crippen MR) is 152 cm³/mol. The van der Waals surface area contributed by atoms with Gasteiger partial charge in [0, 0.05) is 61.1 Å². The number of aromatic amines is 1. The number of nitrogens with zero attached hydrogens (tertiary/aromatic N) is 7. The highest BCUT2D eigenvalue weighted by molar-refractivity contribution is 5.89. The van der Waals surface area contributed by atoms with Crippen LogP contribution in [0.4, 0.5) is 13.2 Å². The monoisotopic (exact) mass is 596 g/mol. The molecular formula is C30H35F3N8O2. The van der Waals surface area contributed by atoms with Crippen LogP contribution in [-0.2, 0) is 12.7 Å². The Morgan fingerprint density at radius 3 is 2.67 bits per heavy atom. The first-order chi connectivity index (χ1) is 20.8. The van der Waals surface area contributed by atoms with Gasteiger partial charge in [0.05, 0.1) is 24.5 Å². The van der Waals surface area contributed by atoms with E-state index < -0.39 is 11.9 Å². The van der Waals surface area contributed by atoms with Crippen molar-refractivity contribution in [3.8, 4) is 17.1 Å². The molecular weight excluding hydrogens is 561 g/mol. The molecule has 4 aromatic heterocycles. The predicted octanol–water partition coefficient (Wildman–Crippen LogP) is 4.44. The van der Waals surface area contributed by atoms with Gasteiger partial charge in [-0.3, -0.25) is 14.5 Å².